The van der Waals surface area contributed by atoms with E-state index in [-0.39, 0.29) is 25.2 Å². The fraction of sp³-hybridized carbons (Fsp3) is 0.125. The van der Waals surface area contributed by atoms with E-state index in [1.165, 1.54) is 4.90 Å². The Bertz CT molecular complexity index is 781. The van der Waals surface area contributed by atoms with Gasteiger partial charge >= 0.3 is 0 Å². The quantitative estimate of drug-likeness (QED) is 0.675. The van der Waals surface area contributed by atoms with E-state index in [9.17, 15) is 9.59 Å². The maximum absolute atomic E-state index is 12.4. The van der Waals surface area contributed by atoms with E-state index in [1.54, 1.807) is 36.4 Å². The molecule has 0 fully saturated rings. The summed E-state index contributed by atoms with van der Waals surface area (Å²) < 4.78 is 10.6. The predicted octanol–water partition coefficient (Wildman–Crippen LogP) is 1.79. The smallest absolute Gasteiger partial charge is 0.261 e. The Morgan fingerprint density at radius 2 is 1.59 bits per heavy atom. The van der Waals surface area contributed by atoms with Crippen molar-refractivity contribution in [1.29, 1.82) is 0 Å². The molecule has 0 aromatic heterocycles. The van der Waals surface area contributed by atoms with Gasteiger partial charge in [-0.3, -0.25) is 14.5 Å². The van der Waals surface area contributed by atoms with Gasteiger partial charge in [-0.1, -0.05) is 12.1 Å². The minimum absolute atomic E-state index is 0.106. The molecule has 0 spiro atoms. The number of benzene rings is 2. The topological polar surface area (TPSA) is 81.9 Å². The number of carbonyl (C=O) groups is 2. The molecule has 6 nitrogen and oxygen atoms in total. The Hall–Kier alpha value is -3.02. The van der Waals surface area contributed by atoms with Crippen LogP contribution in [0.15, 0.2) is 36.4 Å². The molecule has 22 heavy (non-hydrogen) atoms. The molecule has 6 heteroatoms. The first-order valence-corrected chi connectivity index (χ1v) is 6.78. The molecule has 2 aliphatic heterocycles. The highest BCUT2D eigenvalue weighted by atomic mass is 16.7. The summed E-state index contributed by atoms with van der Waals surface area (Å²) in [6.07, 6.45) is 0. The lowest BCUT2D eigenvalue weighted by molar-refractivity contribution is 0.0642. The minimum atomic E-state index is -0.308. The second-order valence-corrected chi connectivity index (χ2v) is 5.15. The Morgan fingerprint density at radius 3 is 2.23 bits per heavy atom. The molecule has 0 aliphatic carbocycles. The zero-order valence-electron chi connectivity index (χ0n) is 11.5. The molecule has 0 bridgehead atoms. The van der Waals surface area contributed by atoms with E-state index in [0.717, 1.165) is 0 Å². The van der Waals surface area contributed by atoms with E-state index in [1.807, 2.05) is 0 Å². The minimum Gasteiger partial charge on any atom is -0.454 e. The number of nitrogens with zero attached hydrogens (tertiary/aromatic N) is 1. The van der Waals surface area contributed by atoms with Gasteiger partial charge in [-0.25, -0.2) is 0 Å². The van der Waals surface area contributed by atoms with Crippen LogP contribution in [0.25, 0.3) is 0 Å². The molecule has 0 saturated carbocycles. The zero-order valence-corrected chi connectivity index (χ0v) is 11.5. The first-order chi connectivity index (χ1) is 10.6. The van der Waals surface area contributed by atoms with Crippen molar-refractivity contribution in [2.75, 3.05) is 12.5 Å². The van der Waals surface area contributed by atoms with E-state index in [0.29, 0.717) is 33.9 Å². The van der Waals surface area contributed by atoms with Crippen molar-refractivity contribution in [1.82, 2.24) is 4.90 Å². The fourth-order valence-electron chi connectivity index (χ4n) is 2.69. The number of nitrogens with two attached hydrogens (primary N) is 1. The zero-order chi connectivity index (χ0) is 15.3. The molecule has 2 N–H and O–H groups in total. The molecular formula is C16H12N2O4. The van der Waals surface area contributed by atoms with Crippen molar-refractivity contribution in [3.63, 3.8) is 0 Å². The molecule has 0 saturated heterocycles. The number of ether oxygens (including phenoxy) is 2. The van der Waals surface area contributed by atoms with Crippen molar-refractivity contribution in [3.8, 4) is 11.5 Å². The highest BCUT2D eigenvalue weighted by Gasteiger charge is 2.35. The molecule has 0 atom stereocenters. The number of hydrogen-bond acceptors (Lipinski definition) is 5. The first-order valence-electron chi connectivity index (χ1n) is 6.78. The highest BCUT2D eigenvalue weighted by Crippen LogP contribution is 2.37. The third-order valence-corrected chi connectivity index (χ3v) is 3.84. The molecule has 2 aromatic rings. The van der Waals surface area contributed by atoms with Crippen LogP contribution < -0.4 is 15.2 Å². The van der Waals surface area contributed by atoms with Crippen LogP contribution in [0.4, 0.5) is 5.69 Å². The molecule has 2 amide bonds. The summed E-state index contributed by atoms with van der Waals surface area (Å²) in [4.78, 5) is 25.9. The summed E-state index contributed by atoms with van der Waals surface area (Å²) in [5, 5.41) is 0. The Kier molecular flexibility index (Phi) is 2.59. The maximum Gasteiger partial charge on any atom is 0.261 e. The van der Waals surface area contributed by atoms with Gasteiger partial charge in [-0.2, -0.15) is 0 Å². The van der Waals surface area contributed by atoms with Crippen LogP contribution in [0.2, 0.25) is 0 Å². The van der Waals surface area contributed by atoms with Gasteiger partial charge in [0, 0.05) is 11.8 Å². The second-order valence-electron chi connectivity index (χ2n) is 5.15. The number of imide groups is 1. The van der Waals surface area contributed by atoms with Crippen LogP contribution >= 0.6 is 0 Å². The standard InChI is InChI=1S/C16H12N2O4/c17-12-6-14-13(21-8-22-14)5-9(12)7-18-15(19)10-3-1-2-4-11(10)16(18)20/h1-6H,7-8,17H2. The summed E-state index contributed by atoms with van der Waals surface area (Å²) in [7, 11) is 0. The summed E-state index contributed by atoms with van der Waals surface area (Å²) in [6.45, 7) is 0.250. The van der Waals surface area contributed by atoms with Crippen LogP contribution in [0, 0.1) is 0 Å². The Labute approximate surface area is 126 Å². The van der Waals surface area contributed by atoms with E-state index in [2.05, 4.69) is 0 Å². The van der Waals surface area contributed by atoms with Crippen molar-refractivity contribution in [2.24, 2.45) is 0 Å². The number of nitrogen functional groups attached to an aromatic ring is 1. The number of hydrogen-bond donors (Lipinski definition) is 1. The van der Waals surface area contributed by atoms with Gasteiger partial charge in [0.15, 0.2) is 11.5 Å². The second kappa shape index (κ2) is 4.49. The van der Waals surface area contributed by atoms with Crippen molar-refractivity contribution in [3.05, 3.63) is 53.1 Å². The summed E-state index contributed by atoms with van der Waals surface area (Å²) in [5.41, 5.74) is 7.94. The van der Waals surface area contributed by atoms with Crippen molar-refractivity contribution < 1.29 is 19.1 Å². The average molecular weight is 296 g/mol. The lowest BCUT2D eigenvalue weighted by Gasteiger charge is -2.15. The third kappa shape index (κ3) is 1.74. The molecule has 0 radical (unpaired) electrons. The van der Waals surface area contributed by atoms with Crippen LogP contribution in [0.1, 0.15) is 26.3 Å². The summed E-state index contributed by atoms with van der Waals surface area (Å²) >= 11 is 0. The molecular weight excluding hydrogens is 284 g/mol. The van der Waals surface area contributed by atoms with Crippen LogP contribution in [0.3, 0.4) is 0 Å². The number of anilines is 1. The van der Waals surface area contributed by atoms with Gasteiger partial charge in [-0.05, 0) is 23.8 Å². The normalized spacial score (nSPS) is 15.4. The monoisotopic (exact) mass is 296 g/mol. The lowest BCUT2D eigenvalue weighted by atomic mass is 10.1. The molecule has 2 aromatic carbocycles. The van der Waals surface area contributed by atoms with Crippen molar-refractivity contribution in [2.45, 2.75) is 6.54 Å². The van der Waals surface area contributed by atoms with E-state index < -0.39 is 0 Å². The van der Waals surface area contributed by atoms with Crippen LogP contribution in [-0.4, -0.2) is 23.5 Å². The highest BCUT2D eigenvalue weighted by molar-refractivity contribution is 6.21. The Morgan fingerprint density at radius 1 is 1.00 bits per heavy atom. The largest absolute Gasteiger partial charge is 0.454 e. The molecule has 110 valence electrons. The average Bonchev–Trinajstić information content (AvgIpc) is 3.06. The van der Waals surface area contributed by atoms with Gasteiger partial charge in [-0.15, -0.1) is 0 Å². The number of fused-ring (bicyclic) bond motifs is 2. The van der Waals surface area contributed by atoms with Crippen molar-refractivity contribution >= 4 is 17.5 Å². The maximum atomic E-state index is 12.4. The summed E-state index contributed by atoms with van der Waals surface area (Å²) in [5.74, 6) is 0.528. The summed E-state index contributed by atoms with van der Waals surface area (Å²) in [6, 6.07) is 10.1. The van der Waals surface area contributed by atoms with Crippen LogP contribution in [0.5, 0.6) is 11.5 Å². The van der Waals surface area contributed by atoms with Gasteiger partial charge < -0.3 is 15.2 Å². The van der Waals surface area contributed by atoms with Gasteiger partial charge in [0.05, 0.1) is 17.7 Å². The van der Waals surface area contributed by atoms with Gasteiger partial charge in [0.1, 0.15) is 0 Å². The predicted molar refractivity (Wildman–Crippen MR) is 77.6 cm³/mol. The number of rotatable bonds is 2. The van der Waals surface area contributed by atoms with Gasteiger partial charge in [0.2, 0.25) is 6.79 Å². The number of carbonyl (C=O) groups excluding carboxylic acids is 2. The number of amides is 2. The van der Waals surface area contributed by atoms with E-state index >= 15 is 0 Å². The molecule has 0 unspecified atom stereocenters. The molecule has 2 aliphatic rings. The Balaban J connectivity index is 1.68. The van der Waals surface area contributed by atoms with E-state index in [4.69, 9.17) is 15.2 Å². The first kappa shape index (κ1) is 12.7. The fourth-order valence-corrected chi connectivity index (χ4v) is 2.69. The van der Waals surface area contributed by atoms with Crippen LogP contribution in [-0.2, 0) is 6.54 Å². The SMILES string of the molecule is Nc1cc2c(cc1CN1C(=O)c3ccccc3C1=O)OCO2. The molecule has 2 heterocycles. The third-order valence-electron chi connectivity index (χ3n) is 3.84. The molecule has 4 rings (SSSR count). The lowest BCUT2D eigenvalue weighted by Crippen LogP contribution is -2.29. The van der Waals surface area contributed by atoms with Gasteiger partial charge in [0.25, 0.3) is 11.8 Å².